The molecule has 120 valence electrons. The molecule has 1 aromatic rings. The SMILES string of the molecule is COC(=O)c1cccc(S(=O)(=O)NC(=O)C[C@@H](C)C2CC2)c1. The summed E-state index contributed by atoms with van der Waals surface area (Å²) in [5.74, 6) is -0.457. The number of nitrogens with one attached hydrogen (secondary N) is 1. The number of hydrogen-bond acceptors (Lipinski definition) is 5. The van der Waals surface area contributed by atoms with Crippen LogP contribution in [0.5, 0.6) is 0 Å². The summed E-state index contributed by atoms with van der Waals surface area (Å²) in [5, 5.41) is 0. The molecule has 7 heteroatoms. The van der Waals surface area contributed by atoms with Crippen LogP contribution in [0.3, 0.4) is 0 Å². The molecule has 2 rings (SSSR count). The number of amides is 1. The van der Waals surface area contributed by atoms with E-state index >= 15 is 0 Å². The van der Waals surface area contributed by atoms with Crippen molar-refractivity contribution >= 4 is 21.9 Å². The highest BCUT2D eigenvalue weighted by Gasteiger charge is 2.30. The maximum atomic E-state index is 12.2. The minimum atomic E-state index is -3.98. The molecule has 0 saturated heterocycles. The van der Waals surface area contributed by atoms with Crippen molar-refractivity contribution < 1.29 is 22.7 Å². The summed E-state index contributed by atoms with van der Waals surface area (Å²) < 4.78 is 31.0. The summed E-state index contributed by atoms with van der Waals surface area (Å²) in [6.07, 6.45) is 2.38. The number of rotatable bonds is 6. The van der Waals surface area contributed by atoms with Gasteiger partial charge >= 0.3 is 5.97 Å². The number of ether oxygens (including phenoxy) is 1. The van der Waals surface area contributed by atoms with Crippen LogP contribution >= 0.6 is 0 Å². The second kappa shape index (κ2) is 6.48. The van der Waals surface area contributed by atoms with Crippen LogP contribution in [-0.4, -0.2) is 27.4 Å². The average molecular weight is 325 g/mol. The average Bonchev–Trinajstić information content (AvgIpc) is 3.30. The lowest BCUT2D eigenvalue weighted by molar-refractivity contribution is -0.120. The van der Waals surface area contributed by atoms with Gasteiger partial charge in [0, 0.05) is 6.42 Å². The fourth-order valence-corrected chi connectivity index (χ4v) is 3.32. The van der Waals surface area contributed by atoms with E-state index in [2.05, 4.69) is 9.46 Å². The fourth-order valence-electron chi connectivity index (χ4n) is 2.28. The number of esters is 1. The molecule has 0 heterocycles. The molecule has 0 unspecified atom stereocenters. The Labute approximate surface area is 129 Å². The molecule has 1 fully saturated rings. The maximum Gasteiger partial charge on any atom is 0.337 e. The van der Waals surface area contributed by atoms with Crippen LogP contribution in [0.4, 0.5) is 0 Å². The topological polar surface area (TPSA) is 89.5 Å². The Morgan fingerprint density at radius 3 is 2.64 bits per heavy atom. The largest absolute Gasteiger partial charge is 0.465 e. The third-order valence-corrected chi connectivity index (χ3v) is 5.12. The van der Waals surface area contributed by atoms with Crippen LogP contribution in [0.1, 0.15) is 36.5 Å². The van der Waals surface area contributed by atoms with Gasteiger partial charge in [-0.1, -0.05) is 13.0 Å². The molecule has 1 atom stereocenters. The molecule has 1 N–H and O–H groups in total. The van der Waals surface area contributed by atoms with Gasteiger partial charge in [0.1, 0.15) is 0 Å². The Bertz CT molecular complexity index is 679. The fraction of sp³-hybridized carbons (Fsp3) is 0.467. The zero-order chi connectivity index (χ0) is 16.3. The van der Waals surface area contributed by atoms with E-state index in [0.717, 1.165) is 12.8 Å². The summed E-state index contributed by atoms with van der Waals surface area (Å²) in [4.78, 5) is 23.2. The van der Waals surface area contributed by atoms with E-state index in [1.165, 1.54) is 31.4 Å². The number of methoxy groups -OCH3 is 1. The number of hydrogen-bond donors (Lipinski definition) is 1. The van der Waals surface area contributed by atoms with Gasteiger partial charge in [-0.15, -0.1) is 0 Å². The molecule has 1 amide bonds. The second-order valence-electron chi connectivity index (χ2n) is 5.57. The first-order valence-corrected chi connectivity index (χ1v) is 8.56. The molecule has 22 heavy (non-hydrogen) atoms. The van der Waals surface area contributed by atoms with Gasteiger partial charge in [-0.05, 0) is 42.9 Å². The summed E-state index contributed by atoms with van der Waals surface area (Å²) in [5.41, 5.74) is 0.115. The van der Waals surface area contributed by atoms with Crippen LogP contribution in [0.2, 0.25) is 0 Å². The number of carbonyl (C=O) groups is 2. The smallest absolute Gasteiger partial charge is 0.337 e. The van der Waals surface area contributed by atoms with Crippen LogP contribution in [0, 0.1) is 11.8 Å². The van der Waals surface area contributed by atoms with Gasteiger partial charge in [0.05, 0.1) is 17.6 Å². The number of carbonyl (C=O) groups excluding carboxylic acids is 2. The summed E-state index contributed by atoms with van der Waals surface area (Å²) in [6, 6.07) is 5.39. The highest BCUT2D eigenvalue weighted by Crippen LogP contribution is 2.38. The standard InChI is InChI=1S/C15H19NO5S/c1-10(11-6-7-11)8-14(17)16-22(19,20)13-5-3-4-12(9-13)15(18)21-2/h3-5,9-11H,6-8H2,1-2H3,(H,16,17)/t10-/m1/s1. The van der Waals surface area contributed by atoms with Gasteiger partial charge in [-0.3, -0.25) is 4.79 Å². The van der Waals surface area contributed by atoms with Crippen molar-refractivity contribution in [1.29, 1.82) is 0 Å². The molecule has 0 aromatic heterocycles. The van der Waals surface area contributed by atoms with Gasteiger partial charge in [0.25, 0.3) is 10.0 Å². The van der Waals surface area contributed by atoms with Crippen LogP contribution in [0.25, 0.3) is 0 Å². The van der Waals surface area contributed by atoms with Gasteiger partial charge < -0.3 is 4.74 Å². The molecule has 1 saturated carbocycles. The van der Waals surface area contributed by atoms with Crippen molar-refractivity contribution in [3.8, 4) is 0 Å². The molecule has 0 radical (unpaired) electrons. The molecule has 1 aliphatic rings. The van der Waals surface area contributed by atoms with Crippen molar-refractivity contribution in [1.82, 2.24) is 4.72 Å². The first-order chi connectivity index (χ1) is 10.3. The lowest BCUT2D eigenvalue weighted by Crippen LogP contribution is -2.32. The molecule has 1 aromatic carbocycles. The minimum Gasteiger partial charge on any atom is -0.465 e. The van der Waals surface area contributed by atoms with Gasteiger partial charge in [0.15, 0.2) is 0 Å². The minimum absolute atomic E-state index is 0.115. The predicted molar refractivity (Wildman–Crippen MR) is 79.6 cm³/mol. The summed E-state index contributed by atoms with van der Waals surface area (Å²) >= 11 is 0. The lowest BCUT2D eigenvalue weighted by Gasteiger charge is -2.11. The Morgan fingerprint density at radius 1 is 1.36 bits per heavy atom. The normalized spacial score (nSPS) is 15.9. The van der Waals surface area contributed by atoms with Crippen molar-refractivity contribution in [3.05, 3.63) is 29.8 Å². The molecule has 1 aliphatic carbocycles. The van der Waals surface area contributed by atoms with Crippen LogP contribution in [-0.2, 0) is 19.6 Å². The lowest BCUT2D eigenvalue weighted by atomic mass is 10.0. The van der Waals surface area contributed by atoms with Gasteiger partial charge in [-0.2, -0.15) is 0 Å². The van der Waals surface area contributed by atoms with Crippen molar-refractivity contribution in [2.45, 2.75) is 31.1 Å². The van der Waals surface area contributed by atoms with E-state index in [0.29, 0.717) is 5.92 Å². The Hall–Kier alpha value is -1.89. The molecule has 0 aliphatic heterocycles. The first kappa shape index (κ1) is 16.5. The zero-order valence-corrected chi connectivity index (χ0v) is 13.4. The van der Waals surface area contributed by atoms with E-state index in [4.69, 9.17) is 0 Å². The van der Waals surface area contributed by atoms with Crippen LogP contribution in [0.15, 0.2) is 29.2 Å². The van der Waals surface area contributed by atoms with E-state index in [-0.39, 0.29) is 22.8 Å². The van der Waals surface area contributed by atoms with E-state index in [1.54, 1.807) is 0 Å². The van der Waals surface area contributed by atoms with E-state index < -0.39 is 21.9 Å². The summed E-state index contributed by atoms with van der Waals surface area (Å²) in [7, 11) is -2.77. The number of sulfonamides is 1. The molecule has 6 nitrogen and oxygen atoms in total. The monoisotopic (exact) mass is 325 g/mol. The van der Waals surface area contributed by atoms with Crippen LogP contribution < -0.4 is 4.72 Å². The van der Waals surface area contributed by atoms with Crippen molar-refractivity contribution in [2.24, 2.45) is 11.8 Å². The maximum absolute atomic E-state index is 12.2. The molecular formula is C15H19NO5S. The van der Waals surface area contributed by atoms with E-state index in [1.807, 2.05) is 6.92 Å². The van der Waals surface area contributed by atoms with Gasteiger partial charge in [-0.25, -0.2) is 17.9 Å². The second-order valence-corrected chi connectivity index (χ2v) is 7.25. The quantitative estimate of drug-likeness (QED) is 0.804. The Morgan fingerprint density at radius 2 is 2.05 bits per heavy atom. The Balaban J connectivity index is 2.09. The predicted octanol–water partition coefficient (Wildman–Crippen LogP) is 1.71. The van der Waals surface area contributed by atoms with Crippen molar-refractivity contribution in [2.75, 3.05) is 7.11 Å². The highest BCUT2D eigenvalue weighted by molar-refractivity contribution is 7.90. The Kier molecular flexibility index (Phi) is 4.85. The third-order valence-electron chi connectivity index (χ3n) is 3.75. The molecule has 0 spiro atoms. The van der Waals surface area contributed by atoms with E-state index in [9.17, 15) is 18.0 Å². The molecular weight excluding hydrogens is 306 g/mol. The summed E-state index contributed by atoms with van der Waals surface area (Å²) in [6.45, 7) is 1.95. The first-order valence-electron chi connectivity index (χ1n) is 7.07. The van der Waals surface area contributed by atoms with Gasteiger partial charge in [0.2, 0.25) is 5.91 Å². The highest BCUT2D eigenvalue weighted by atomic mass is 32.2. The molecule has 0 bridgehead atoms. The third kappa shape index (κ3) is 4.07. The zero-order valence-electron chi connectivity index (χ0n) is 12.5. The van der Waals surface area contributed by atoms with Crippen molar-refractivity contribution in [3.63, 3.8) is 0 Å². The number of benzene rings is 1.